The molecule has 4 rings (SSSR count). The number of hydrogen-bond acceptors (Lipinski definition) is 6. The topological polar surface area (TPSA) is 122 Å². The molecule has 0 spiro atoms. The van der Waals surface area contributed by atoms with Crippen LogP contribution in [0.4, 0.5) is 33.5 Å². The number of hydrogen-bond donors (Lipinski definition) is 3. The van der Waals surface area contributed by atoms with E-state index < -0.39 is 74.9 Å². The molecule has 1 aromatic carbocycles. The first kappa shape index (κ1) is 24.7. The number of carboxylic acid groups (broad SMARTS) is 1. The summed E-state index contributed by atoms with van der Waals surface area (Å²) in [7, 11) is 0. The smallest absolute Gasteiger partial charge is 0.341 e. The van der Waals surface area contributed by atoms with E-state index in [4.69, 9.17) is 17.3 Å². The molecule has 0 radical (unpaired) electrons. The lowest BCUT2D eigenvalue weighted by Crippen LogP contribution is -2.31. The van der Waals surface area contributed by atoms with Gasteiger partial charge in [-0.25, -0.2) is 31.7 Å². The van der Waals surface area contributed by atoms with Crippen molar-refractivity contribution in [3.63, 3.8) is 0 Å². The van der Waals surface area contributed by atoms with Crippen molar-refractivity contribution >= 4 is 40.0 Å². The Morgan fingerprint density at radius 3 is 2.51 bits per heavy atom. The van der Waals surface area contributed by atoms with Crippen LogP contribution in [0.3, 0.4) is 0 Å². The van der Waals surface area contributed by atoms with Crippen molar-refractivity contribution in [3.05, 3.63) is 56.6 Å². The van der Waals surface area contributed by atoms with Gasteiger partial charge in [-0.1, -0.05) is 11.6 Å². The van der Waals surface area contributed by atoms with Crippen molar-refractivity contribution in [3.8, 4) is 5.82 Å². The summed E-state index contributed by atoms with van der Waals surface area (Å²) in [5, 5.41) is 18.1. The Labute approximate surface area is 198 Å². The molecule has 4 N–H and O–H groups in total. The van der Waals surface area contributed by atoms with E-state index >= 15 is 4.39 Å². The van der Waals surface area contributed by atoms with Gasteiger partial charge in [-0.3, -0.25) is 9.36 Å². The second kappa shape index (κ2) is 8.96. The number of pyridine rings is 2. The quantitative estimate of drug-likeness (QED) is 0.443. The van der Waals surface area contributed by atoms with Gasteiger partial charge in [0.25, 0.3) is 6.43 Å². The fourth-order valence-electron chi connectivity index (χ4n) is 4.13. The zero-order chi connectivity index (χ0) is 25.8. The maximum absolute atomic E-state index is 15.2. The van der Waals surface area contributed by atoms with Crippen LogP contribution in [0.1, 0.15) is 16.8 Å². The first-order valence-electron chi connectivity index (χ1n) is 10.1. The highest BCUT2D eigenvalue weighted by atomic mass is 35.5. The number of benzene rings is 1. The van der Waals surface area contributed by atoms with Crippen molar-refractivity contribution in [2.24, 2.45) is 5.92 Å². The highest BCUT2D eigenvalue weighted by Gasteiger charge is 2.36. The molecule has 8 nitrogen and oxygen atoms in total. The Hall–Kier alpha value is -3.45. The zero-order valence-corrected chi connectivity index (χ0v) is 18.2. The average Bonchev–Trinajstić information content (AvgIpc) is 3.25. The number of carboxylic acids is 1. The van der Waals surface area contributed by atoms with Crippen LogP contribution in [0.2, 0.25) is 5.02 Å². The third kappa shape index (κ3) is 4.14. The second-order valence-electron chi connectivity index (χ2n) is 7.94. The minimum absolute atomic E-state index is 0.0180. The number of rotatable bonds is 5. The van der Waals surface area contributed by atoms with Crippen LogP contribution in [0.25, 0.3) is 16.7 Å². The van der Waals surface area contributed by atoms with E-state index in [2.05, 4.69) is 4.98 Å². The predicted molar refractivity (Wildman–Crippen MR) is 116 cm³/mol. The summed E-state index contributed by atoms with van der Waals surface area (Å²) in [6.45, 7) is -0.189. The van der Waals surface area contributed by atoms with Crippen LogP contribution in [-0.2, 0) is 0 Å². The molecule has 0 saturated carbocycles. The van der Waals surface area contributed by atoms with Crippen LogP contribution < -0.4 is 16.1 Å². The monoisotopic (exact) mass is 518 g/mol. The number of nitrogens with two attached hydrogens (primary N) is 1. The molecule has 3 aromatic rings. The van der Waals surface area contributed by atoms with Gasteiger partial charge in [-0.15, -0.1) is 0 Å². The van der Waals surface area contributed by atoms with Crippen molar-refractivity contribution in [2.75, 3.05) is 23.7 Å². The minimum Gasteiger partial charge on any atom is -0.477 e. The molecule has 2 unspecified atom stereocenters. The van der Waals surface area contributed by atoms with Gasteiger partial charge in [0.15, 0.2) is 23.3 Å². The Kier molecular flexibility index (Phi) is 6.32. The number of anilines is 2. The van der Waals surface area contributed by atoms with Gasteiger partial charge < -0.3 is 20.8 Å². The summed E-state index contributed by atoms with van der Waals surface area (Å²) in [4.78, 5) is 29.2. The van der Waals surface area contributed by atoms with Crippen molar-refractivity contribution in [1.82, 2.24) is 9.55 Å². The third-order valence-electron chi connectivity index (χ3n) is 5.84. The van der Waals surface area contributed by atoms with Crippen LogP contribution in [0.15, 0.2) is 23.1 Å². The Morgan fingerprint density at radius 2 is 1.89 bits per heavy atom. The second-order valence-corrected chi connectivity index (χ2v) is 8.32. The molecule has 1 aliphatic rings. The molecule has 3 heterocycles. The first-order chi connectivity index (χ1) is 16.4. The van der Waals surface area contributed by atoms with E-state index in [0.29, 0.717) is 18.3 Å². The van der Waals surface area contributed by atoms with Gasteiger partial charge in [0.1, 0.15) is 17.5 Å². The lowest BCUT2D eigenvalue weighted by Gasteiger charge is -2.24. The number of fused-ring (bicyclic) bond motifs is 1. The molecule has 35 heavy (non-hydrogen) atoms. The molecular weight excluding hydrogens is 503 g/mol. The summed E-state index contributed by atoms with van der Waals surface area (Å²) < 4.78 is 70.1. The highest BCUT2D eigenvalue weighted by molar-refractivity contribution is 6.38. The maximum Gasteiger partial charge on any atom is 0.341 e. The van der Waals surface area contributed by atoms with Gasteiger partial charge in [-0.05, 0) is 12.5 Å². The Balaban J connectivity index is 2.00. The van der Waals surface area contributed by atoms with Gasteiger partial charge >= 0.3 is 5.97 Å². The fourth-order valence-corrected chi connectivity index (χ4v) is 4.53. The molecule has 1 saturated heterocycles. The lowest BCUT2D eigenvalue weighted by molar-refractivity contribution is -0.0334. The number of nitrogen functional groups attached to an aromatic ring is 1. The summed E-state index contributed by atoms with van der Waals surface area (Å²) in [6.07, 6.45) is -4.21. The molecule has 186 valence electrons. The number of carbonyl (C=O) groups is 1. The van der Waals surface area contributed by atoms with Gasteiger partial charge in [0.05, 0.1) is 21.6 Å². The van der Waals surface area contributed by atoms with Crippen LogP contribution in [0, 0.1) is 23.4 Å². The number of halogens is 6. The molecular formula is C21H16ClF5N4O4. The largest absolute Gasteiger partial charge is 0.477 e. The molecule has 0 amide bonds. The molecule has 2 atom stereocenters. The molecule has 0 bridgehead atoms. The molecule has 1 aliphatic heterocycles. The van der Waals surface area contributed by atoms with E-state index in [1.807, 2.05) is 0 Å². The number of nitrogens with zero attached hydrogens (tertiary/aromatic N) is 3. The first-order valence-corrected chi connectivity index (χ1v) is 10.4. The van der Waals surface area contributed by atoms with E-state index in [1.165, 1.54) is 4.90 Å². The van der Waals surface area contributed by atoms with E-state index in [0.717, 1.165) is 4.57 Å². The number of aliphatic hydroxyl groups is 1. The Morgan fingerprint density at radius 1 is 1.20 bits per heavy atom. The lowest BCUT2D eigenvalue weighted by atomic mass is 10.0. The third-order valence-corrected chi connectivity index (χ3v) is 6.19. The SMILES string of the molecule is Nc1nc(-n2cc(C(=O)O)c(=O)c3cc(F)c(N4CCC(C(O)C(F)F)C4)c(Cl)c32)c(F)cc1F. The highest BCUT2D eigenvalue weighted by Crippen LogP contribution is 2.39. The van der Waals surface area contributed by atoms with E-state index in [-0.39, 0.29) is 30.7 Å². The molecule has 2 aromatic heterocycles. The standard InChI is InChI=1S/C21H16ClF5N4O4/c22-13-14-8(3-10(23)15(13)30-2-1-7(5-30)16(32)18(26)27)17(33)9(21(34)35)6-31(14)20-12(25)4-11(24)19(28)29-20/h3-4,6-7,16,18,32H,1-2,5H2,(H2,28,29)(H,34,35). The number of alkyl halides is 2. The van der Waals surface area contributed by atoms with Crippen LogP contribution >= 0.6 is 11.6 Å². The fraction of sp³-hybridized carbons (Fsp3) is 0.286. The van der Waals surface area contributed by atoms with Crippen molar-refractivity contribution < 1.29 is 37.0 Å². The van der Waals surface area contributed by atoms with Crippen molar-refractivity contribution in [1.29, 1.82) is 0 Å². The van der Waals surface area contributed by atoms with Crippen LogP contribution in [-0.4, -0.2) is 51.4 Å². The van der Waals surface area contributed by atoms with Gasteiger partial charge in [0, 0.05) is 31.3 Å². The molecule has 0 aliphatic carbocycles. The number of aromatic nitrogens is 2. The van der Waals surface area contributed by atoms with E-state index in [1.54, 1.807) is 0 Å². The van der Waals surface area contributed by atoms with Gasteiger partial charge in [0.2, 0.25) is 5.43 Å². The Bertz CT molecular complexity index is 1420. The zero-order valence-electron chi connectivity index (χ0n) is 17.5. The van der Waals surface area contributed by atoms with E-state index in [9.17, 15) is 37.4 Å². The molecule has 1 fully saturated rings. The normalized spacial score (nSPS) is 16.9. The number of aromatic carboxylic acids is 1. The number of aliphatic hydroxyl groups excluding tert-OH is 1. The maximum atomic E-state index is 15.2. The van der Waals surface area contributed by atoms with Gasteiger partial charge in [-0.2, -0.15) is 0 Å². The summed E-state index contributed by atoms with van der Waals surface area (Å²) in [5.41, 5.74) is 2.70. The average molecular weight is 519 g/mol. The predicted octanol–water partition coefficient (Wildman–Crippen LogP) is 3.19. The summed E-state index contributed by atoms with van der Waals surface area (Å²) >= 11 is 6.44. The van der Waals surface area contributed by atoms with Crippen LogP contribution in [0.5, 0.6) is 0 Å². The summed E-state index contributed by atoms with van der Waals surface area (Å²) in [5.74, 6) is -7.66. The molecule has 14 heteroatoms. The summed E-state index contributed by atoms with van der Waals surface area (Å²) in [6, 6.07) is 1.07. The van der Waals surface area contributed by atoms with Crippen molar-refractivity contribution in [2.45, 2.75) is 19.0 Å². The minimum atomic E-state index is -3.02.